The molecule has 0 bridgehead atoms. The Labute approximate surface area is 370 Å². The van der Waals surface area contributed by atoms with Gasteiger partial charge in [0.2, 0.25) is 21.8 Å². The average molecular weight is 881 g/mol. The zero-order valence-electron chi connectivity index (χ0n) is 36.6. The number of aromatic nitrogens is 1. The molecule has 4 aromatic rings. The number of methoxy groups -OCH3 is 1. The van der Waals surface area contributed by atoms with Crippen molar-refractivity contribution in [2.75, 3.05) is 20.2 Å². The summed E-state index contributed by atoms with van der Waals surface area (Å²) in [5.74, 6) is -1.24. The van der Waals surface area contributed by atoms with Gasteiger partial charge in [-0.3, -0.25) is 19.1 Å². The molecule has 0 radical (unpaired) electrons. The van der Waals surface area contributed by atoms with E-state index < -0.39 is 57.3 Å². The first-order valence-corrected chi connectivity index (χ1v) is 23.5. The summed E-state index contributed by atoms with van der Waals surface area (Å²) in [4.78, 5) is 63.0. The smallest absolute Gasteiger partial charge is 0.318 e. The van der Waals surface area contributed by atoms with Crippen molar-refractivity contribution in [1.29, 1.82) is 0 Å². The zero-order valence-corrected chi connectivity index (χ0v) is 37.4. The van der Waals surface area contributed by atoms with Crippen molar-refractivity contribution in [3.05, 3.63) is 103 Å². The molecule has 336 valence electrons. The van der Waals surface area contributed by atoms with Crippen molar-refractivity contribution in [1.82, 2.24) is 30.6 Å². The Bertz CT molecular complexity index is 2360. The molecule has 1 saturated heterocycles. The summed E-state index contributed by atoms with van der Waals surface area (Å²) in [6, 6.07) is 22.5. The first kappa shape index (κ1) is 46.5. The third kappa shape index (κ3) is 11.7. The van der Waals surface area contributed by atoms with E-state index >= 15 is 0 Å². The van der Waals surface area contributed by atoms with Crippen molar-refractivity contribution in [2.45, 2.75) is 102 Å². The number of hydrogen-bond donors (Lipinski definition) is 4. The largest absolute Gasteiger partial charge is 0.497 e. The Morgan fingerprint density at radius 1 is 0.968 bits per heavy atom. The Balaban J connectivity index is 1.30. The maximum atomic E-state index is 14.7. The lowest BCUT2D eigenvalue weighted by Gasteiger charge is -2.34. The molecule has 1 aliphatic carbocycles. The fraction of sp³-hybridized carbons (Fsp3) is 0.438. The van der Waals surface area contributed by atoms with Gasteiger partial charge in [-0.05, 0) is 55.2 Å². The maximum Gasteiger partial charge on any atom is 0.318 e. The first-order valence-electron chi connectivity index (χ1n) is 21.8. The minimum atomic E-state index is -4.19. The van der Waals surface area contributed by atoms with Gasteiger partial charge in [0, 0.05) is 36.0 Å². The second kappa shape index (κ2) is 20.9. The highest BCUT2D eigenvalue weighted by atomic mass is 32.2. The molecule has 63 heavy (non-hydrogen) atoms. The van der Waals surface area contributed by atoms with E-state index in [9.17, 15) is 27.6 Å². The third-order valence-electron chi connectivity index (χ3n) is 12.0. The van der Waals surface area contributed by atoms with Crippen LogP contribution >= 0.6 is 0 Å². The molecule has 1 aromatic heterocycles. The van der Waals surface area contributed by atoms with E-state index in [1.807, 2.05) is 56.3 Å². The Kier molecular flexibility index (Phi) is 15.5. The van der Waals surface area contributed by atoms with Gasteiger partial charge in [0.25, 0.3) is 5.91 Å². The quantitative estimate of drug-likeness (QED) is 0.0795. The van der Waals surface area contributed by atoms with E-state index in [-0.39, 0.29) is 37.6 Å². The molecule has 2 unspecified atom stereocenters. The molecule has 1 saturated carbocycles. The van der Waals surface area contributed by atoms with E-state index in [4.69, 9.17) is 14.5 Å². The zero-order chi connectivity index (χ0) is 45.1. The molecule has 3 aromatic carbocycles. The summed E-state index contributed by atoms with van der Waals surface area (Å²) < 4.78 is 41.0. The van der Waals surface area contributed by atoms with Gasteiger partial charge in [0.1, 0.15) is 35.2 Å². The van der Waals surface area contributed by atoms with Crippen LogP contribution in [0.25, 0.3) is 22.2 Å². The first-order chi connectivity index (χ1) is 30.2. The predicted octanol–water partition coefficient (Wildman–Crippen LogP) is 6.65. The SMILES string of the molecule is C=CC[C@@](CC)(NC(=O)C1CC(Oc2cc(-c3ccccc3)nc3cc(OC)ccc23)CN1C(=O)N[C@H](C(=O)NCC1CCCCC1)C(C)C)C(=O)NS(=O)(=O)Cc1ccccc1. The van der Waals surface area contributed by atoms with E-state index in [2.05, 4.69) is 27.3 Å². The lowest BCUT2D eigenvalue weighted by atomic mass is 9.89. The number of amides is 5. The van der Waals surface area contributed by atoms with Crippen LogP contribution < -0.4 is 30.1 Å². The lowest BCUT2D eigenvalue weighted by Crippen LogP contribution is -2.63. The van der Waals surface area contributed by atoms with Gasteiger partial charge >= 0.3 is 6.03 Å². The molecule has 1 aliphatic heterocycles. The molecule has 5 amide bonds. The highest BCUT2D eigenvalue weighted by molar-refractivity contribution is 7.89. The standard InChI is InChI=1S/C48H60N6O8S/c1-6-25-48(7-2,46(57)53-63(59,60)31-34-19-13-9-14-20-34)52-44(55)41-27-37(30-54(41)47(58)51-43(32(3)4)45(56)49-29-33-17-11-8-12-18-33)62-42-28-39(35-21-15-10-16-22-35)50-40-26-36(61-5)23-24-38(40)42/h6,9-10,13-16,19-24,26,28,32-33,37,41,43H,1,7-8,11-12,17-18,25,27,29-31H2,2-5H3,(H,49,56)(H,51,58)(H,52,55)(H,53,57)/t37?,41?,43-,48+/m0/s1. The molecular formula is C48H60N6O8S. The number of urea groups is 1. The number of nitrogens with zero attached hydrogens (tertiary/aromatic N) is 2. The van der Waals surface area contributed by atoms with E-state index in [0.29, 0.717) is 46.1 Å². The molecule has 0 spiro atoms. The Morgan fingerprint density at radius 3 is 2.32 bits per heavy atom. The normalized spacial score (nSPS) is 18.2. The number of pyridine rings is 1. The molecular weight excluding hydrogens is 821 g/mol. The summed E-state index contributed by atoms with van der Waals surface area (Å²) in [5.41, 5.74) is 0.828. The van der Waals surface area contributed by atoms with Crippen LogP contribution in [0, 0.1) is 11.8 Å². The lowest BCUT2D eigenvalue weighted by molar-refractivity contribution is -0.134. The number of nitrogens with one attached hydrogen (secondary N) is 4. The minimum absolute atomic E-state index is 0.00160. The van der Waals surface area contributed by atoms with Gasteiger partial charge in [-0.25, -0.2) is 18.2 Å². The highest BCUT2D eigenvalue weighted by Crippen LogP contribution is 2.35. The van der Waals surface area contributed by atoms with Crippen LogP contribution in [-0.2, 0) is 30.2 Å². The molecule has 2 fully saturated rings. The van der Waals surface area contributed by atoms with Crippen LogP contribution in [0.5, 0.6) is 11.5 Å². The van der Waals surface area contributed by atoms with Crippen LogP contribution in [0.1, 0.15) is 77.7 Å². The summed E-state index contributed by atoms with van der Waals surface area (Å²) in [6.07, 6.45) is 6.12. The molecule has 4 atom stereocenters. The van der Waals surface area contributed by atoms with Crippen LogP contribution in [0.2, 0.25) is 0 Å². The summed E-state index contributed by atoms with van der Waals surface area (Å²) >= 11 is 0. The molecule has 2 heterocycles. The van der Waals surface area contributed by atoms with E-state index in [1.165, 1.54) is 17.4 Å². The monoisotopic (exact) mass is 880 g/mol. The Hall–Kier alpha value is -5.96. The highest BCUT2D eigenvalue weighted by Gasteiger charge is 2.46. The van der Waals surface area contributed by atoms with Crippen LogP contribution in [0.15, 0.2) is 97.6 Å². The molecule has 15 heteroatoms. The molecule has 14 nitrogen and oxygen atoms in total. The van der Waals surface area contributed by atoms with Crippen LogP contribution in [-0.4, -0.2) is 86.0 Å². The van der Waals surface area contributed by atoms with Crippen LogP contribution in [0.3, 0.4) is 0 Å². The minimum Gasteiger partial charge on any atom is -0.497 e. The van der Waals surface area contributed by atoms with E-state index in [0.717, 1.165) is 31.2 Å². The Morgan fingerprint density at radius 2 is 1.67 bits per heavy atom. The second-order valence-electron chi connectivity index (χ2n) is 16.9. The number of carbonyl (C=O) groups is 4. The maximum absolute atomic E-state index is 14.7. The molecule has 6 rings (SSSR count). The van der Waals surface area contributed by atoms with Gasteiger partial charge in [-0.2, -0.15) is 0 Å². The number of sulfonamides is 1. The number of fused-ring (bicyclic) bond motifs is 1. The second-order valence-corrected chi connectivity index (χ2v) is 18.6. The van der Waals surface area contributed by atoms with E-state index in [1.54, 1.807) is 56.5 Å². The summed E-state index contributed by atoms with van der Waals surface area (Å²) in [7, 11) is -2.61. The number of hydrogen-bond acceptors (Lipinski definition) is 9. The summed E-state index contributed by atoms with van der Waals surface area (Å²) in [5, 5.41) is 9.48. The van der Waals surface area contributed by atoms with Gasteiger partial charge in [-0.15, -0.1) is 6.58 Å². The van der Waals surface area contributed by atoms with Crippen molar-refractivity contribution < 1.29 is 37.1 Å². The van der Waals surface area contributed by atoms with Gasteiger partial charge in [0.15, 0.2) is 0 Å². The van der Waals surface area contributed by atoms with Crippen molar-refractivity contribution in [3.8, 4) is 22.8 Å². The fourth-order valence-electron chi connectivity index (χ4n) is 8.42. The van der Waals surface area contributed by atoms with Gasteiger partial charge in [0.05, 0.1) is 30.6 Å². The average Bonchev–Trinajstić information content (AvgIpc) is 3.71. The van der Waals surface area contributed by atoms with Gasteiger partial charge < -0.3 is 30.3 Å². The van der Waals surface area contributed by atoms with Crippen LogP contribution in [0.4, 0.5) is 4.79 Å². The molecule has 4 N–H and O–H groups in total. The topological polar surface area (TPSA) is 185 Å². The van der Waals surface area contributed by atoms with Gasteiger partial charge in [-0.1, -0.05) is 107 Å². The number of ether oxygens (including phenoxy) is 2. The fourth-order valence-corrected chi connectivity index (χ4v) is 9.60. The van der Waals surface area contributed by atoms with Crippen molar-refractivity contribution >= 4 is 44.7 Å². The number of benzene rings is 3. The predicted molar refractivity (Wildman–Crippen MR) is 243 cm³/mol. The van der Waals surface area contributed by atoms with Crippen molar-refractivity contribution in [3.63, 3.8) is 0 Å². The number of rotatable bonds is 18. The number of likely N-dealkylation sites (tertiary alicyclic amines) is 1. The molecule has 2 aliphatic rings. The third-order valence-corrected chi connectivity index (χ3v) is 13.2. The van der Waals surface area contributed by atoms with Crippen molar-refractivity contribution in [2.24, 2.45) is 11.8 Å². The number of carbonyl (C=O) groups excluding carboxylic acids is 4. The summed E-state index contributed by atoms with van der Waals surface area (Å²) in [6.45, 7) is 9.60.